The van der Waals surface area contributed by atoms with Crippen LogP contribution in [0, 0.1) is 0 Å². The summed E-state index contributed by atoms with van der Waals surface area (Å²) in [6.45, 7) is 0. The van der Waals surface area contributed by atoms with Crippen molar-refractivity contribution in [2.75, 3.05) is 0 Å². The Morgan fingerprint density at radius 1 is 1.25 bits per heavy atom. The van der Waals surface area contributed by atoms with Gasteiger partial charge in [0.2, 0.25) is 0 Å². The lowest BCUT2D eigenvalue weighted by atomic mass is 9.89. The fourth-order valence-corrected chi connectivity index (χ4v) is 6.27. The molecule has 2 bridgehead atoms. The molecule has 2 aliphatic rings. The minimum absolute atomic E-state index is 0.295. The van der Waals surface area contributed by atoms with Crippen molar-refractivity contribution in [2.24, 2.45) is 0 Å². The first-order valence-electron chi connectivity index (χ1n) is 6.88. The zero-order valence-corrected chi connectivity index (χ0v) is 11.8. The summed E-state index contributed by atoms with van der Waals surface area (Å²) in [4.78, 5) is 4.22. The fraction of sp³-hybridized carbons (Fsp3) is 0.500. The fourth-order valence-electron chi connectivity index (χ4n) is 3.78. The highest BCUT2D eigenvalue weighted by molar-refractivity contribution is 7.93. The normalized spacial score (nSPS) is 35.5. The third-order valence-electron chi connectivity index (χ3n) is 4.78. The van der Waals surface area contributed by atoms with Crippen molar-refractivity contribution in [1.29, 1.82) is 0 Å². The number of imidazole rings is 1. The Kier molecular flexibility index (Phi) is 2.36. The molecule has 0 radical (unpaired) electrons. The van der Waals surface area contributed by atoms with Crippen LogP contribution in [0.3, 0.4) is 0 Å². The van der Waals surface area contributed by atoms with E-state index in [-0.39, 0.29) is 0 Å². The number of aromatic nitrogens is 2. The third-order valence-corrected chi connectivity index (χ3v) is 7.44. The van der Waals surface area contributed by atoms with Crippen LogP contribution in [-0.2, 0) is 15.4 Å². The summed E-state index contributed by atoms with van der Waals surface area (Å²) in [7, 11) is -3.03. The van der Waals surface area contributed by atoms with Gasteiger partial charge in [-0.25, -0.2) is 13.4 Å². The molecule has 6 heteroatoms. The van der Waals surface area contributed by atoms with Crippen LogP contribution in [0.25, 0.3) is 5.65 Å². The van der Waals surface area contributed by atoms with E-state index in [1.807, 2.05) is 28.8 Å². The van der Waals surface area contributed by atoms with Crippen LogP contribution >= 0.6 is 0 Å². The van der Waals surface area contributed by atoms with E-state index in [1.165, 1.54) is 0 Å². The van der Waals surface area contributed by atoms with Crippen molar-refractivity contribution < 1.29 is 13.5 Å². The minimum Gasteiger partial charge on any atom is -0.384 e. The maximum absolute atomic E-state index is 12.2. The van der Waals surface area contributed by atoms with Gasteiger partial charge in [-0.05, 0) is 37.8 Å². The van der Waals surface area contributed by atoms with Gasteiger partial charge in [-0.15, -0.1) is 0 Å². The van der Waals surface area contributed by atoms with Crippen LogP contribution in [0.4, 0.5) is 0 Å². The molecule has 4 rings (SSSR count). The van der Waals surface area contributed by atoms with Crippen molar-refractivity contribution in [1.82, 2.24) is 9.38 Å². The van der Waals surface area contributed by atoms with Crippen LogP contribution in [-0.4, -0.2) is 33.4 Å². The molecule has 20 heavy (non-hydrogen) atoms. The Morgan fingerprint density at radius 3 is 2.65 bits per heavy atom. The van der Waals surface area contributed by atoms with Crippen LogP contribution in [0.15, 0.2) is 30.6 Å². The van der Waals surface area contributed by atoms with Crippen LogP contribution in [0.2, 0.25) is 0 Å². The van der Waals surface area contributed by atoms with Crippen molar-refractivity contribution >= 4 is 15.5 Å². The maximum Gasteiger partial charge on any atom is 0.156 e. The average Bonchev–Trinajstić information content (AvgIpc) is 2.91. The Balaban J connectivity index is 1.85. The Labute approximate surface area is 117 Å². The molecule has 2 unspecified atom stereocenters. The first-order chi connectivity index (χ1) is 9.51. The van der Waals surface area contributed by atoms with Gasteiger partial charge in [0.1, 0.15) is 11.2 Å². The first-order valence-corrected chi connectivity index (χ1v) is 8.49. The summed E-state index contributed by atoms with van der Waals surface area (Å²) in [5.41, 5.74) is 0.452. The summed E-state index contributed by atoms with van der Waals surface area (Å²) in [5, 5.41) is 10.3. The quantitative estimate of drug-likeness (QED) is 0.859. The molecule has 0 aromatic carbocycles. The summed E-state index contributed by atoms with van der Waals surface area (Å²) in [5.74, 6) is 0. The lowest BCUT2D eigenvalue weighted by Crippen LogP contribution is -2.43. The third kappa shape index (κ3) is 1.52. The molecular formula is C14H16N2O3S. The summed E-state index contributed by atoms with van der Waals surface area (Å²) >= 11 is 0. The molecular weight excluding hydrogens is 276 g/mol. The van der Waals surface area contributed by atoms with Crippen LogP contribution in [0.5, 0.6) is 0 Å². The zero-order chi connectivity index (χ0) is 14.0. The molecule has 106 valence electrons. The largest absolute Gasteiger partial charge is 0.384 e. The van der Waals surface area contributed by atoms with Crippen molar-refractivity contribution in [2.45, 2.75) is 41.8 Å². The molecule has 2 saturated heterocycles. The molecule has 2 atom stereocenters. The molecule has 4 heterocycles. The second-order valence-corrected chi connectivity index (χ2v) is 8.43. The Hall–Kier alpha value is -1.40. The smallest absolute Gasteiger partial charge is 0.156 e. The van der Waals surface area contributed by atoms with Gasteiger partial charge >= 0.3 is 0 Å². The molecule has 2 aromatic heterocycles. The predicted molar refractivity (Wildman–Crippen MR) is 74.1 cm³/mol. The number of fused-ring (bicyclic) bond motifs is 3. The highest BCUT2D eigenvalue weighted by atomic mass is 32.2. The molecule has 0 spiro atoms. The van der Waals surface area contributed by atoms with Crippen molar-refractivity contribution in [3.63, 3.8) is 0 Å². The monoisotopic (exact) mass is 292 g/mol. The Morgan fingerprint density at radius 2 is 1.95 bits per heavy atom. The highest BCUT2D eigenvalue weighted by Crippen LogP contribution is 2.47. The van der Waals surface area contributed by atoms with Gasteiger partial charge in [-0.3, -0.25) is 0 Å². The lowest BCUT2D eigenvalue weighted by Gasteiger charge is -2.36. The van der Waals surface area contributed by atoms with Gasteiger partial charge in [0.25, 0.3) is 0 Å². The minimum atomic E-state index is -3.03. The van der Waals surface area contributed by atoms with Gasteiger partial charge in [0, 0.05) is 12.4 Å². The highest BCUT2D eigenvalue weighted by Gasteiger charge is 2.53. The first kappa shape index (κ1) is 12.3. The summed E-state index contributed by atoms with van der Waals surface area (Å²) in [6, 6.07) is 5.60. The lowest BCUT2D eigenvalue weighted by molar-refractivity contribution is 0.0120. The van der Waals surface area contributed by atoms with E-state index in [4.69, 9.17) is 0 Å². The topological polar surface area (TPSA) is 71.7 Å². The number of hydrogen-bond donors (Lipinski definition) is 1. The van der Waals surface area contributed by atoms with Gasteiger partial charge in [-0.1, -0.05) is 6.07 Å². The van der Waals surface area contributed by atoms with Gasteiger partial charge in [-0.2, -0.15) is 0 Å². The van der Waals surface area contributed by atoms with E-state index < -0.39 is 25.9 Å². The van der Waals surface area contributed by atoms with Crippen LogP contribution in [0.1, 0.15) is 31.4 Å². The van der Waals surface area contributed by atoms with Gasteiger partial charge < -0.3 is 9.51 Å². The number of pyridine rings is 1. The van der Waals surface area contributed by atoms with E-state index in [0.717, 1.165) is 11.3 Å². The molecule has 2 aromatic rings. The van der Waals surface area contributed by atoms with E-state index in [9.17, 15) is 13.5 Å². The van der Waals surface area contributed by atoms with E-state index in [0.29, 0.717) is 25.7 Å². The number of hydrogen-bond acceptors (Lipinski definition) is 4. The number of sulfone groups is 1. The summed E-state index contributed by atoms with van der Waals surface area (Å²) in [6.07, 6.45) is 5.45. The Bertz CT molecular complexity index is 761. The predicted octanol–water partition coefficient (Wildman–Crippen LogP) is 1.26. The van der Waals surface area contributed by atoms with Crippen LogP contribution < -0.4 is 0 Å². The van der Waals surface area contributed by atoms with E-state index in [1.54, 1.807) is 6.20 Å². The van der Waals surface area contributed by atoms with E-state index >= 15 is 0 Å². The molecule has 0 amide bonds. The molecule has 2 aliphatic heterocycles. The molecule has 0 saturated carbocycles. The second-order valence-electron chi connectivity index (χ2n) is 5.92. The number of rotatable bonds is 1. The number of nitrogens with zero attached hydrogens (tertiary/aromatic N) is 2. The van der Waals surface area contributed by atoms with Gasteiger partial charge in [0.15, 0.2) is 9.84 Å². The molecule has 0 aliphatic carbocycles. The number of aliphatic hydroxyl groups is 1. The average molecular weight is 292 g/mol. The van der Waals surface area contributed by atoms with Crippen molar-refractivity contribution in [3.8, 4) is 0 Å². The molecule has 1 N–H and O–H groups in total. The SMILES string of the molecule is O=S1(=O)C2CCC1CC(O)(c1cccc3nccn13)C2. The molecule has 2 fully saturated rings. The summed E-state index contributed by atoms with van der Waals surface area (Å²) < 4.78 is 26.2. The maximum atomic E-state index is 12.2. The second kappa shape index (κ2) is 3.83. The van der Waals surface area contributed by atoms with Gasteiger partial charge in [0.05, 0.1) is 16.2 Å². The van der Waals surface area contributed by atoms with E-state index in [2.05, 4.69) is 4.98 Å². The van der Waals surface area contributed by atoms with Crippen molar-refractivity contribution in [3.05, 3.63) is 36.3 Å². The zero-order valence-electron chi connectivity index (χ0n) is 10.9. The standard InChI is InChI=1S/C14H16N2O3S/c17-14(8-10-4-5-11(9-14)20(10,18)19)12-2-1-3-13-15-6-7-16(12)13/h1-3,6-7,10-11,17H,4-5,8-9H2. The molecule has 5 nitrogen and oxygen atoms in total.